The van der Waals surface area contributed by atoms with Crippen LogP contribution in [0, 0.1) is 0 Å². The van der Waals surface area contributed by atoms with Crippen LogP contribution in [0.5, 0.6) is 0 Å². The van der Waals surface area contributed by atoms with Crippen molar-refractivity contribution in [1.82, 2.24) is 4.48 Å². The Labute approximate surface area is 209 Å². The van der Waals surface area contributed by atoms with Gasteiger partial charge in [-0.1, -0.05) is 18.2 Å². The number of aliphatic carboxylic acids is 1. The van der Waals surface area contributed by atoms with E-state index in [2.05, 4.69) is 5.32 Å². The number of carbonyl (C=O) groups is 2. The van der Waals surface area contributed by atoms with E-state index in [9.17, 15) is 9.59 Å². The summed E-state index contributed by atoms with van der Waals surface area (Å²) in [5.74, 6) is -1.39. The molecular formula is C25H23BF2N4O3S. The number of fused-ring (bicyclic) bond motifs is 2. The van der Waals surface area contributed by atoms with Crippen LogP contribution in [0.3, 0.4) is 0 Å². The molecule has 0 bridgehead atoms. The zero-order valence-electron chi connectivity index (χ0n) is 19.1. The number of allylic oxidation sites excluding steroid dienone is 2. The number of carboxylic acids is 1. The van der Waals surface area contributed by atoms with E-state index >= 15 is 8.63 Å². The fourth-order valence-corrected chi connectivity index (χ4v) is 5.31. The Morgan fingerprint density at radius 1 is 1.14 bits per heavy atom. The molecule has 1 aromatic carbocycles. The summed E-state index contributed by atoms with van der Waals surface area (Å²) in [5, 5.41) is 13.5. The number of thiophene rings is 1. The molecule has 1 amide bonds. The fraction of sp³-hybridized carbons (Fsp3) is 0.160. The van der Waals surface area contributed by atoms with E-state index in [0.29, 0.717) is 28.5 Å². The van der Waals surface area contributed by atoms with Crippen molar-refractivity contribution in [2.45, 2.75) is 25.3 Å². The Morgan fingerprint density at radius 2 is 1.92 bits per heavy atom. The third kappa shape index (κ3) is 4.43. The molecule has 4 N–H and O–H groups in total. The van der Waals surface area contributed by atoms with Gasteiger partial charge in [-0.2, -0.15) is 0 Å². The highest BCUT2D eigenvalue weighted by molar-refractivity contribution is 7.12. The maximum atomic E-state index is 15.8. The molecule has 11 heteroatoms. The van der Waals surface area contributed by atoms with E-state index < -0.39 is 19.0 Å². The van der Waals surface area contributed by atoms with E-state index in [1.807, 2.05) is 17.5 Å². The number of anilines is 1. The number of hydrogen-bond donors (Lipinski definition) is 3. The molecule has 0 aliphatic carbocycles. The number of nitrogens with two attached hydrogens (primary N) is 1. The second-order valence-corrected chi connectivity index (χ2v) is 9.68. The van der Waals surface area contributed by atoms with Crippen molar-refractivity contribution < 1.29 is 27.8 Å². The molecule has 184 valence electrons. The lowest BCUT2D eigenvalue weighted by Crippen LogP contribution is -2.50. The van der Waals surface area contributed by atoms with Crippen molar-refractivity contribution in [2.24, 2.45) is 5.73 Å². The van der Waals surface area contributed by atoms with Gasteiger partial charge in [-0.05, 0) is 59.8 Å². The van der Waals surface area contributed by atoms with Crippen LogP contribution in [0.2, 0.25) is 0 Å². The summed E-state index contributed by atoms with van der Waals surface area (Å²) >= 11 is 1.41. The van der Waals surface area contributed by atoms with Gasteiger partial charge in [-0.15, -0.1) is 11.3 Å². The van der Waals surface area contributed by atoms with Gasteiger partial charge < -0.3 is 33.8 Å². The van der Waals surface area contributed by atoms with Gasteiger partial charge >= 0.3 is 12.9 Å². The summed E-state index contributed by atoms with van der Waals surface area (Å²) in [6, 6.07) is 12.7. The van der Waals surface area contributed by atoms with Gasteiger partial charge in [0.05, 0.1) is 4.88 Å². The fourth-order valence-electron chi connectivity index (χ4n) is 4.56. The Balaban J connectivity index is 1.28. The predicted molar refractivity (Wildman–Crippen MR) is 136 cm³/mol. The second-order valence-electron chi connectivity index (χ2n) is 8.74. The quantitative estimate of drug-likeness (QED) is 0.404. The Morgan fingerprint density at radius 3 is 2.61 bits per heavy atom. The molecule has 0 unspecified atom stereocenters. The van der Waals surface area contributed by atoms with Crippen LogP contribution in [0.4, 0.5) is 14.3 Å². The Kier molecular flexibility index (Phi) is 6.19. The first-order valence-electron chi connectivity index (χ1n) is 11.4. The van der Waals surface area contributed by atoms with Crippen LogP contribution in [0.15, 0.2) is 71.8 Å². The van der Waals surface area contributed by atoms with E-state index in [1.54, 1.807) is 54.6 Å². The Hall–Kier alpha value is -3.83. The molecule has 3 aromatic rings. The molecule has 0 fully saturated rings. The largest absolute Gasteiger partial charge is 0.737 e. The van der Waals surface area contributed by atoms with E-state index in [0.717, 1.165) is 19.4 Å². The number of rotatable bonds is 8. The number of benzene rings is 1. The first kappa shape index (κ1) is 23.9. The van der Waals surface area contributed by atoms with Gasteiger partial charge in [0.15, 0.2) is 11.4 Å². The van der Waals surface area contributed by atoms with Crippen molar-refractivity contribution in [3.63, 3.8) is 0 Å². The average molecular weight is 508 g/mol. The molecule has 5 rings (SSSR count). The predicted octanol–water partition coefficient (Wildman–Crippen LogP) is 3.72. The molecule has 0 saturated carbocycles. The number of amides is 1. The van der Waals surface area contributed by atoms with Crippen molar-refractivity contribution in [1.29, 1.82) is 0 Å². The maximum Gasteiger partial charge on any atom is 0.737 e. The van der Waals surface area contributed by atoms with Crippen LogP contribution < -0.4 is 11.1 Å². The summed E-state index contributed by atoms with van der Waals surface area (Å²) < 4.78 is 33.8. The van der Waals surface area contributed by atoms with Crippen molar-refractivity contribution in [3.05, 3.63) is 93.6 Å². The number of aryl methyl sites for hydroxylation is 1. The summed E-state index contributed by atoms with van der Waals surface area (Å²) in [6.45, 7) is -4.14. The third-order valence-electron chi connectivity index (χ3n) is 6.29. The SMILES string of the molecule is N[C@@H](Cc1ccc(NC(=O)CCc2ccc3n2[B-](F)(F)[N+]2=C(c4cccs4)C=CC2=C3)cc1)C(=O)O. The number of halogens is 2. The lowest BCUT2D eigenvalue weighted by Gasteiger charge is -2.30. The zero-order chi connectivity index (χ0) is 25.4. The Bertz CT molecular complexity index is 1430. The zero-order valence-corrected chi connectivity index (χ0v) is 19.9. The highest BCUT2D eigenvalue weighted by Crippen LogP contribution is 2.34. The monoisotopic (exact) mass is 508 g/mol. The number of aromatic nitrogens is 1. The first-order chi connectivity index (χ1) is 17.2. The lowest BCUT2D eigenvalue weighted by atomic mass is 9.90. The first-order valence-corrected chi connectivity index (χ1v) is 12.3. The number of carbonyl (C=O) groups excluding carboxylic acids is 1. The van der Waals surface area contributed by atoms with Crippen molar-refractivity contribution in [2.75, 3.05) is 5.32 Å². The van der Waals surface area contributed by atoms with E-state index in [1.165, 1.54) is 11.3 Å². The molecule has 0 radical (unpaired) electrons. The van der Waals surface area contributed by atoms with Gasteiger partial charge in [0.25, 0.3) is 0 Å². The van der Waals surface area contributed by atoms with Crippen LogP contribution in [-0.2, 0) is 22.4 Å². The number of nitrogens with one attached hydrogen (secondary N) is 1. The number of carboxylic acid groups (broad SMARTS) is 1. The molecule has 2 aliphatic rings. The van der Waals surface area contributed by atoms with Gasteiger partial charge in [-0.3, -0.25) is 9.59 Å². The van der Waals surface area contributed by atoms with E-state index in [-0.39, 0.29) is 25.2 Å². The van der Waals surface area contributed by atoms with Gasteiger partial charge in [0.1, 0.15) is 6.04 Å². The van der Waals surface area contributed by atoms with Crippen molar-refractivity contribution >= 4 is 47.7 Å². The number of hydrogen-bond acceptors (Lipinski definition) is 4. The summed E-state index contributed by atoms with van der Waals surface area (Å²) in [7, 11) is 0. The molecule has 2 aliphatic heterocycles. The molecule has 2 aromatic heterocycles. The summed E-state index contributed by atoms with van der Waals surface area (Å²) in [5.41, 5.74) is 8.53. The summed E-state index contributed by atoms with van der Waals surface area (Å²) in [6.07, 6.45) is 5.50. The minimum absolute atomic E-state index is 0.0254. The lowest BCUT2D eigenvalue weighted by molar-refractivity contribution is -0.360. The highest BCUT2D eigenvalue weighted by atomic mass is 32.1. The van der Waals surface area contributed by atoms with Crippen LogP contribution >= 0.6 is 11.3 Å². The normalized spacial score (nSPS) is 16.4. The maximum absolute atomic E-state index is 15.8. The topological polar surface area (TPSA) is 100 Å². The summed E-state index contributed by atoms with van der Waals surface area (Å²) in [4.78, 5) is 24.2. The molecule has 36 heavy (non-hydrogen) atoms. The smallest absolute Gasteiger partial charge is 0.480 e. The van der Waals surface area contributed by atoms with Gasteiger partial charge in [0.2, 0.25) is 5.91 Å². The van der Waals surface area contributed by atoms with Gasteiger partial charge in [0, 0.05) is 36.0 Å². The van der Waals surface area contributed by atoms with Crippen LogP contribution in [-0.4, -0.2) is 44.7 Å². The molecule has 0 spiro atoms. The standard InChI is InChI=1S/C25H23BF2N4O3S/c27-26(28)31-18(7-8-19(31)15-20-9-11-22(32(20)26)23-2-1-13-36-23)10-12-24(33)30-17-5-3-16(4-6-17)14-21(29)25(34)35/h1-9,11,13,15,21H,10,12,14,29H2,(H,30,33)(H,34,35)/t21-/m0/s1. The molecule has 4 heterocycles. The molecule has 1 atom stereocenters. The average Bonchev–Trinajstić information content (AvgIpc) is 3.59. The van der Waals surface area contributed by atoms with Crippen LogP contribution in [0.1, 0.15) is 28.2 Å². The third-order valence-corrected chi connectivity index (χ3v) is 7.19. The van der Waals surface area contributed by atoms with Gasteiger partial charge in [-0.25, -0.2) is 0 Å². The number of nitrogens with zero attached hydrogens (tertiary/aromatic N) is 2. The minimum Gasteiger partial charge on any atom is -0.480 e. The van der Waals surface area contributed by atoms with Crippen LogP contribution in [0.25, 0.3) is 6.08 Å². The second kappa shape index (κ2) is 9.32. The highest BCUT2D eigenvalue weighted by Gasteiger charge is 2.52. The molecule has 0 saturated heterocycles. The van der Waals surface area contributed by atoms with Crippen molar-refractivity contribution in [3.8, 4) is 0 Å². The minimum atomic E-state index is -4.14. The van der Waals surface area contributed by atoms with E-state index in [4.69, 9.17) is 10.8 Å². The molecular weight excluding hydrogens is 485 g/mol. The molecule has 7 nitrogen and oxygen atoms in total.